The molecular formula is C65H61BBrCl4F4N13O19P2S2. The van der Waals surface area contributed by atoms with Crippen LogP contribution in [0.3, 0.4) is 0 Å². The predicted molar refractivity (Wildman–Crippen MR) is 408 cm³/mol. The van der Waals surface area contributed by atoms with Crippen LogP contribution in [-0.2, 0) is 62.8 Å². The van der Waals surface area contributed by atoms with Gasteiger partial charge < -0.3 is 71.4 Å². The molecule has 0 aliphatic rings. The number of carboxylic acids is 1. The van der Waals surface area contributed by atoms with Crippen molar-refractivity contribution < 1.29 is 105 Å². The maximum atomic E-state index is 13.6. The van der Waals surface area contributed by atoms with Gasteiger partial charge in [-0.05, 0) is 131 Å². The second-order valence-corrected chi connectivity index (χ2v) is 33.2. The van der Waals surface area contributed by atoms with E-state index in [1.54, 1.807) is 0 Å². The van der Waals surface area contributed by atoms with E-state index < -0.39 is 106 Å². The van der Waals surface area contributed by atoms with Crippen molar-refractivity contribution in [1.29, 1.82) is 0 Å². The lowest BCUT2D eigenvalue weighted by Crippen LogP contribution is -2.31. The number of nitrogen functional groups attached to an aromatic ring is 5. The number of esters is 2. The molecule has 0 spiro atoms. The fourth-order valence-corrected chi connectivity index (χ4v) is 17.0. The zero-order chi connectivity index (χ0) is 83.0. The average Bonchev–Trinajstić information content (AvgIpc) is 0.820. The molecule has 46 heteroatoms. The number of rotatable bonds is 20. The highest BCUT2D eigenvalue weighted by molar-refractivity contribution is 9.10. The Balaban J connectivity index is 0.000000249. The number of carboxylic acid groups (broad SMARTS) is 1. The summed E-state index contributed by atoms with van der Waals surface area (Å²) in [5.41, 5.74) is 27.7. The monoisotopic (exact) mass is 1760 g/mol. The van der Waals surface area contributed by atoms with Gasteiger partial charge in [0.2, 0.25) is 0 Å². The summed E-state index contributed by atoms with van der Waals surface area (Å²) in [7, 11) is -9.88. The highest BCUT2D eigenvalue weighted by Gasteiger charge is 2.33. The van der Waals surface area contributed by atoms with Crippen LogP contribution in [0.25, 0.3) is 33.8 Å². The van der Waals surface area contributed by atoms with Gasteiger partial charge >= 0.3 is 40.2 Å². The van der Waals surface area contributed by atoms with Gasteiger partial charge in [-0.1, -0.05) is 58.5 Å². The van der Waals surface area contributed by atoms with Crippen LogP contribution in [-0.4, -0.2) is 156 Å². The Hall–Kier alpha value is -9.74. The molecule has 32 nitrogen and oxygen atoms in total. The zero-order valence-electron chi connectivity index (χ0n) is 58.0. The van der Waals surface area contributed by atoms with Gasteiger partial charge in [-0.25, -0.2) is 88.7 Å². The molecule has 0 radical (unpaired) electrons. The van der Waals surface area contributed by atoms with E-state index in [9.17, 15) is 62.7 Å². The minimum absolute atomic E-state index is 0.0203. The van der Waals surface area contributed by atoms with E-state index in [4.69, 9.17) is 99.3 Å². The summed E-state index contributed by atoms with van der Waals surface area (Å²) in [6, 6.07) is 25.7. The van der Waals surface area contributed by atoms with E-state index in [0.717, 1.165) is 46.6 Å². The van der Waals surface area contributed by atoms with Gasteiger partial charge in [-0.2, -0.15) is 0 Å². The number of hydrogen-bond donors (Lipinski definition) is 8. The van der Waals surface area contributed by atoms with Crippen molar-refractivity contribution >= 4 is 162 Å². The molecule has 0 bridgehead atoms. The number of carbonyl (C=O) groups is 4. The van der Waals surface area contributed by atoms with Gasteiger partial charge in [0.05, 0.1) is 80.9 Å². The quantitative estimate of drug-likeness (QED) is 0.00877. The maximum Gasteiger partial charge on any atom is 0.490 e. The molecule has 0 saturated heterocycles. The molecule has 0 saturated carbocycles. The number of ether oxygens (including phenoxy) is 2. The molecule has 13 N–H and O–H groups in total. The first-order valence-corrected chi connectivity index (χ1v) is 39.2. The molecule has 4 aromatic heterocycles. The van der Waals surface area contributed by atoms with E-state index in [-0.39, 0.29) is 110 Å². The smallest absolute Gasteiger partial charge is 0.476 e. The third-order valence-corrected chi connectivity index (χ3v) is 25.1. The molecule has 0 fully saturated rings. The largest absolute Gasteiger partial charge is 0.490 e. The van der Waals surface area contributed by atoms with Crippen LogP contribution < -0.4 is 34.1 Å². The molecule has 0 aliphatic carbocycles. The first kappa shape index (κ1) is 91.9. The number of anilines is 5. The second-order valence-electron chi connectivity index (χ2n) is 21.3. The minimum Gasteiger partial charge on any atom is -0.476 e. The summed E-state index contributed by atoms with van der Waals surface area (Å²) >= 11 is 26.5. The maximum absolute atomic E-state index is 13.6. The van der Waals surface area contributed by atoms with Crippen molar-refractivity contribution in [3.63, 3.8) is 0 Å². The van der Waals surface area contributed by atoms with Crippen LogP contribution >= 0.6 is 77.5 Å². The van der Waals surface area contributed by atoms with Crippen molar-refractivity contribution in [2.24, 2.45) is 0 Å². The fraction of sp³-hybridized carbons (Fsp3) is 0.138. The molecular weight excluding hydrogens is 1700 g/mol. The van der Waals surface area contributed by atoms with Crippen molar-refractivity contribution in [2.45, 2.75) is 16.2 Å². The van der Waals surface area contributed by atoms with Crippen molar-refractivity contribution in [2.75, 3.05) is 82.3 Å². The third-order valence-electron chi connectivity index (χ3n) is 13.9. The Morgan fingerprint density at radius 2 is 0.793 bits per heavy atom. The fourth-order valence-electron chi connectivity index (χ4n) is 8.30. The molecule has 588 valence electrons. The standard InChI is InChI=1S/C21H20ClFN3O6PS.C12H9ClFN3O2.C11H7ClFN3O2.C9H14NO5PS.C6H5BClFO2.C6H6BrN3O2/c1-31-33(28,32-2)12-34(29,30)15-6-3-13(4-7-15)9-19(27)20-21(24)25-11-18(26-20)16-10-14(23)5-8-17(16)22;1-19-12(18)10-11(15)16-5-9(17-10)7-4-6(14)2-3-8(7)13;12-7-2-1-5(13)3-6(7)8-4-15-10(14)9(16-8)11(17)18;1-14-16(11,15-2)7-17(12,13)9-5-3-8(10)4-6-9;8-6-2-1-4(9)3-5(6)7(10)11;1-12-6(11)4-5(8)9-2-3(7)10-4/h3-8,10-11H,9,12H2,1-2H3,(H2,24,25);2-5H,1H3,(H2,15,16);1-4H,(H2,14,15)(H,17,18);3-6H,7,10H2,1-2H3;1-3,10-11H;2H,1H3,(H2,8,9). The first-order chi connectivity index (χ1) is 52.1. The molecule has 0 amide bonds. The zero-order valence-corrected chi connectivity index (χ0v) is 66.0. The van der Waals surface area contributed by atoms with E-state index in [1.807, 2.05) is 0 Å². The van der Waals surface area contributed by atoms with Crippen LogP contribution in [0, 0.1) is 23.3 Å². The summed E-state index contributed by atoms with van der Waals surface area (Å²) in [6.07, 6.45) is 5.08. The molecule has 111 heavy (non-hydrogen) atoms. The third kappa shape index (κ3) is 26.7. The van der Waals surface area contributed by atoms with E-state index in [0.29, 0.717) is 21.4 Å². The second kappa shape index (κ2) is 41.5. The molecule has 6 aromatic carbocycles. The lowest BCUT2D eigenvalue weighted by atomic mass is 9.80. The Morgan fingerprint density at radius 1 is 0.468 bits per heavy atom. The molecule has 10 rings (SSSR count). The van der Waals surface area contributed by atoms with Crippen molar-refractivity contribution in [3.8, 4) is 33.8 Å². The number of sulfone groups is 2. The summed E-state index contributed by atoms with van der Waals surface area (Å²) in [4.78, 5) is 77.1. The molecule has 10 aromatic rings. The summed E-state index contributed by atoms with van der Waals surface area (Å²) < 4.78 is 153. The number of aromatic nitrogens is 8. The molecule has 0 aliphatic heterocycles. The number of Topliss-reactive ketones (excluding diaryl/α,β-unsaturated/α-hetero) is 1. The van der Waals surface area contributed by atoms with Gasteiger partial charge in [-0.15, -0.1) is 0 Å². The molecule has 4 heterocycles. The highest BCUT2D eigenvalue weighted by atomic mass is 79.9. The lowest BCUT2D eigenvalue weighted by molar-refractivity contribution is 0.0586. The summed E-state index contributed by atoms with van der Waals surface area (Å²) in [5, 5.41) is 27.0. The van der Waals surface area contributed by atoms with Crippen LogP contribution in [0.5, 0.6) is 0 Å². The van der Waals surface area contributed by atoms with Crippen molar-refractivity contribution in [1.82, 2.24) is 39.9 Å². The number of methoxy groups -OCH3 is 2. The van der Waals surface area contributed by atoms with Gasteiger partial charge in [0, 0.05) is 67.7 Å². The Labute approximate surface area is 658 Å². The van der Waals surface area contributed by atoms with E-state index in [1.165, 1.54) is 142 Å². The van der Waals surface area contributed by atoms with Gasteiger partial charge in [0.1, 0.15) is 33.6 Å². The Bertz CT molecular complexity index is 5380. The number of nitrogens with zero attached hydrogens (tertiary/aromatic N) is 8. The number of aromatic carboxylic acids is 1. The SMILES string of the molecule is COC(=O)c1nc(-c2cc(F)ccc2Cl)cnc1N.COC(=O)c1nc(Br)cnc1N.COP(=O)(CS(=O)(=O)c1ccc(CC(=O)c2nc(-c3cc(F)ccc3Cl)cnc2N)cc1)OC.COP(=O)(CS(=O)(=O)c1ccc(N)cc1)OC.Nc1ncc(-c2cc(F)ccc2Cl)nc1C(=O)O.OB(O)c1cc(F)ccc1Cl. The van der Waals surface area contributed by atoms with Gasteiger partial charge in [0.25, 0.3) is 0 Å². The number of hydrogen-bond acceptors (Lipinski definition) is 31. The highest BCUT2D eigenvalue weighted by Crippen LogP contribution is 2.49. The minimum atomic E-state index is -3.97. The lowest BCUT2D eigenvalue weighted by Gasteiger charge is -2.14. The van der Waals surface area contributed by atoms with Crippen LogP contribution in [0.15, 0.2) is 161 Å². The average molecular weight is 1760 g/mol. The number of nitrogens with two attached hydrogens (primary N) is 5. The number of carbonyl (C=O) groups excluding carboxylic acids is 3. The Kier molecular flexibility index (Phi) is 34.4. The first-order valence-electron chi connectivity index (χ1n) is 30.2. The number of benzene rings is 6. The van der Waals surface area contributed by atoms with E-state index in [2.05, 4.69) is 74.3 Å². The molecule has 0 atom stereocenters. The van der Waals surface area contributed by atoms with Crippen molar-refractivity contribution in [3.05, 3.63) is 222 Å². The normalized spacial score (nSPS) is 11.0. The van der Waals surface area contributed by atoms with Gasteiger partial charge in [-0.3, -0.25) is 13.9 Å². The van der Waals surface area contributed by atoms with Gasteiger partial charge in [0.15, 0.2) is 76.8 Å². The number of ketones is 1. The number of halogens is 9. The molecule has 0 unspecified atom stereocenters. The summed E-state index contributed by atoms with van der Waals surface area (Å²) in [5.74, 6) is -5.51. The van der Waals surface area contributed by atoms with E-state index >= 15 is 0 Å². The van der Waals surface area contributed by atoms with Crippen LogP contribution in [0.2, 0.25) is 20.1 Å². The topological polar surface area (TPSA) is 520 Å². The van der Waals surface area contributed by atoms with Crippen LogP contribution in [0.1, 0.15) is 47.5 Å². The predicted octanol–water partition coefficient (Wildman–Crippen LogP) is 10.9. The van der Waals surface area contributed by atoms with Crippen LogP contribution in [0.4, 0.5) is 46.5 Å². The summed E-state index contributed by atoms with van der Waals surface area (Å²) in [6.45, 7) is 0. The Morgan fingerprint density at radius 3 is 1.15 bits per heavy atom.